The van der Waals surface area contributed by atoms with Gasteiger partial charge in [0, 0.05) is 19.5 Å². The van der Waals surface area contributed by atoms with Crippen LogP contribution in [0.1, 0.15) is 25.7 Å². The number of hydrogen-bond donors (Lipinski definition) is 1. The summed E-state index contributed by atoms with van der Waals surface area (Å²) < 4.78 is 0. The van der Waals surface area contributed by atoms with E-state index in [9.17, 15) is 9.59 Å². The largest absolute Gasteiger partial charge is 0.481 e. The first-order valence-electron chi connectivity index (χ1n) is 6.07. The molecule has 0 aromatic heterocycles. The van der Waals surface area contributed by atoms with E-state index < -0.39 is 5.97 Å². The molecule has 6 heteroatoms. The summed E-state index contributed by atoms with van der Waals surface area (Å²) in [5, 5.41) is 17.0. The summed E-state index contributed by atoms with van der Waals surface area (Å²) in [7, 11) is 0. The van der Waals surface area contributed by atoms with Gasteiger partial charge in [0.15, 0.2) is 0 Å². The van der Waals surface area contributed by atoms with Gasteiger partial charge in [-0.3, -0.25) is 9.59 Å². The van der Waals surface area contributed by atoms with E-state index in [-0.39, 0.29) is 12.3 Å². The quantitative estimate of drug-likeness (QED) is 0.737. The summed E-state index contributed by atoms with van der Waals surface area (Å²) in [6.45, 7) is 1.44. The molecule has 0 unspecified atom stereocenters. The van der Waals surface area contributed by atoms with Gasteiger partial charge in [-0.2, -0.15) is 5.26 Å². The van der Waals surface area contributed by atoms with Crippen LogP contribution in [-0.4, -0.2) is 46.5 Å². The Morgan fingerprint density at radius 2 is 2.06 bits per heavy atom. The Labute approximate surface area is 111 Å². The maximum absolute atomic E-state index is 11.7. The number of piperidine rings is 1. The molecule has 0 spiro atoms. The van der Waals surface area contributed by atoms with E-state index in [1.807, 2.05) is 11.0 Å². The first kappa shape index (κ1) is 14.8. The molecule has 100 valence electrons. The van der Waals surface area contributed by atoms with Gasteiger partial charge in [0.05, 0.1) is 17.6 Å². The molecule has 5 nitrogen and oxygen atoms in total. The molecule has 1 amide bonds. The Balaban J connectivity index is 2.20. The molecular weight excluding hydrogens is 252 g/mol. The van der Waals surface area contributed by atoms with Crippen LogP contribution in [0.2, 0.25) is 0 Å². The number of nitriles is 1. The van der Waals surface area contributed by atoms with Crippen molar-refractivity contribution < 1.29 is 14.7 Å². The molecule has 1 aliphatic heterocycles. The van der Waals surface area contributed by atoms with Crippen molar-refractivity contribution in [3.05, 3.63) is 0 Å². The molecule has 0 aromatic rings. The molecule has 0 aliphatic carbocycles. The lowest BCUT2D eigenvalue weighted by atomic mass is 9.92. The average molecular weight is 270 g/mol. The number of carbonyl (C=O) groups excluding carboxylic acids is 1. The van der Waals surface area contributed by atoms with Crippen molar-refractivity contribution in [3.8, 4) is 6.07 Å². The average Bonchev–Trinajstić information content (AvgIpc) is 2.37. The number of carboxylic acids is 1. The van der Waals surface area contributed by atoms with E-state index in [4.69, 9.17) is 10.4 Å². The third-order valence-corrected chi connectivity index (χ3v) is 3.91. The molecule has 1 fully saturated rings. The third kappa shape index (κ3) is 5.41. The van der Waals surface area contributed by atoms with Gasteiger partial charge in [-0.15, -0.1) is 11.8 Å². The Morgan fingerprint density at radius 1 is 1.39 bits per heavy atom. The summed E-state index contributed by atoms with van der Waals surface area (Å²) in [4.78, 5) is 24.0. The smallest absolute Gasteiger partial charge is 0.303 e. The van der Waals surface area contributed by atoms with Gasteiger partial charge in [0.2, 0.25) is 5.91 Å². The number of rotatable bonds is 6. The molecular formula is C12H18N2O3S. The Bertz CT molecular complexity index is 333. The van der Waals surface area contributed by atoms with E-state index in [2.05, 4.69) is 0 Å². The van der Waals surface area contributed by atoms with Crippen LogP contribution in [-0.2, 0) is 9.59 Å². The van der Waals surface area contributed by atoms with E-state index in [0.29, 0.717) is 23.8 Å². The standard InChI is InChI=1S/C12H18N2O3S/c13-5-8-18-9-11(15)14-6-3-10(4-7-14)1-2-12(16)17/h10H,1-4,6-9H2,(H,16,17). The van der Waals surface area contributed by atoms with Crippen molar-refractivity contribution in [2.45, 2.75) is 25.7 Å². The van der Waals surface area contributed by atoms with Crippen LogP contribution in [0.5, 0.6) is 0 Å². The fraction of sp³-hybridized carbons (Fsp3) is 0.750. The fourth-order valence-corrected chi connectivity index (χ4v) is 2.62. The second-order valence-electron chi connectivity index (χ2n) is 4.41. The van der Waals surface area contributed by atoms with Gasteiger partial charge in [0.25, 0.3) is 0 Å². The lowest BCUT2D eigenvalue weighted by molar-refractivity contribution is -0.137. The summed E-state index contributed by atoms with van der Waals surface area (Å²) in [5.41, 5.74) is 0. The molecule has 0 aromatic carbocycles. The highest BCUT2D eigenvalue weighted by atomic mass is 32.2. The summed E-state index contributed by atoms with van der Waals surface area (Å²) >= 11 is 1.34. The SMILES string of the molecule is N#CCSCC(=O)N1CCC(CCC(=O)O)CC1. The van der Waals surface area contributed by atoms with Gasteiger partial charge in [-0.1, -0.05) is 0 Å². The predicted molar refractivity (Wildman–Crippen MR) is 69.1 cm³/mol. The number of aliphatic carboxylic acids is 1. The van der Waals surface area contributed by atoms with Crippen molar-refractivity contribution in [1.82, 2.24) is 4.90 Å². The van der Waals surface area contributed by atoms with Crippen molar-refractivity contribution in [2.24, 2.45) is 5.92 Å². The normalized spacial score (nSPS) is 16.3. The maximum Gasteiger partial charge on any atom is 0.303 e. The lowest BCUT2D eigenvalue weighted by Crippen LogP contribution is -2.39. The number of nitrogens with zero attached hydrogens (tertiary/aromatic N) is 2. The highest BCUT2D eigenvalue weighted by molar-refractivity contribution is 8.00. The zero-order valence-electron chi connectivity index (χ0n) is 10.3. The number of amides is 1. The molecule has 1 saturated heterocycles. The van der Waals surface area contributed by atoms with E-state index in [1.54, 1.807) is 0 Å². The molecule has 1 aliphatic rings. The minimum atomic E-state index is -0.749. The molecule has 1 heterocycles. The summed E-state index contributed by atoms with van der Waals surface area (Å²) in [5.74, 6) is 0.485. The molecule has 0 atom stereocenters. The first-order valence-corrected chi connectivity index (χ1v) is 7.23. The van der Waals surface area contributed by atoms with Gasteiger partial charge < -0.3 is 10.0 Å². The van der Waals surface area contributed by atoms with Crippen LogP contribution in [0.3, 0.4) is 0 Å². The van der Waals surface area contributed by atoms with E-state index in [1.165, 1.54) is 11.8 Å². The summed E-state index contributed by atoms with van der Waals surface area (Å²) in [6, 6.07) is 2.00. The maximum atomic E-state index is 11.7. The highest BCUT2D eigenvalue weighted by Crippen LogP contribution is 2.22. The van der Waals surface area contributed by atoms with E-state index in [0.717, 1.165) is 25.9 Å². The minimum Gasteiger partial charge on any atom is -0.481 e. The van der Waals surface area contributed by atoms with Crippen molar-refractivity contribution in [3.63, 3.8) is 0 Å². The van der Waals surface area contributed by atoms with Gasteiger partial charge in [-0.05, 0) is 25.2 Å². The Kier molecular flexibility index (Phi) is 6.58. The number of thioether (sulfide) groups is 1. The Hall–Kier alpha value is -1.22. The first-order chi connectivity index (χ1) is 8.63. The van der Waals surface area contributed by atoms with Crippen molar-refractivity contribution in [1.29, 1.82) is 5.26 Å². The number of carboxylic acid groups (broad SMARTS) is 1. The Morgan fingerprint density at radius 3 is 2.61 bits per heavy atom. The van der Waals surface area contributed by atoms with Gasteiger partial charge in [0.1, 0.15) is 0 Å². The number of hydrogen-bond acceptors (Lipinski definition) is 4. The van der Waals surface area contributed by atoms with Crippen LogP contribution < -0.4 is 0 Å². The summed E-state index contributed by atoms with van der Waals surface area (Å²) in [6.07, 6.45) is 2.71. The second kappa shape index (κ2) is 7.98. The van der Waals surface area contributed by atoms with Crippen LogP contribution in [0, 0.1) is 17.2 Å². The molecule has 0 saturated carbocycles. The predicted octanol–water partition coefficient (Wildman–Crippen LogP) is 1.35. The van der Waals surface area contributed by atoms with E-state index >= 15 is 0 Å². The molecule has 18 heavy (non-hydrogen) atoms. The monoisotopic (exact) mass is 270 g/mol. The van der Waals surface area contributed by atoms with Crippen LogP contribution >= 0.6 is 11.8 Å². The van der Waals surface area contributed by atoms with Crippen LogP contribution in [0.4, 0.5) is 0 Å². The van der Waals surface area contributed by atoms with Crippen LogP contribution in [0.25, 0.3) is 0 Å². The topological polar surface area (TPSA) is 81.4 Å². The number of likely N-dealkylation sites (tertiary alicyclic amines) is 1. The van der Waals surface area contributed by atoms with Crippen molar-refractivity contribution >= 4 is 23.6 Å². The van der Waals surface area contributed by atoms with Gasteiger partial charge >= 0.3 is 5.97 Å². The molecule has 0 bridgehead atoms. The lowest BCUT2D eigenvalue weighted by Gasteiger charge is -2.31. The molecule has 1 rings (SSSR count). The fourth-order valence-electron chi connectivity index (χ4n) is 2.07. The van der Waals surface area contributed by atoms with Crippen LogP contribution in [0.15, 0.2) is 0 Å². The molecule has 0 radical (unpaired) electrons. The zero-order valence-corrected chi connectivity index (χ0v) is 11.1. The highest BCUT2D eigenvalue weighted by Gasteiger charge is 2.22. The second-order valence-corrected chi connectivity index (χ2v) is 5.39. The third-order valence-electron chi connectivity index (χ3n) is 3.13. The van der Waals surface area contributed by atoms with Gasteiger partial charge in [-0.25, -0.2) is 0 Å². The zero-order chi connectivity index (χ0) is 13.4. The minimum absolute atomic E-state index is 0.0898. The molecule has 1 N–H and O–H groups in total. The number of carbonyl (C=O) groups is 2. The van der Waals surface area contributed by atoms with Crippen molar-refractivity contribution in [2.75, 3.05) is 24.6 Å².